The van der Waals surface area contributed by atoms with Crippen LogP contribution in [0.4, 0.5) is 0 Å². The molecule has 5 nitrogen and oxygen atoms in total. The van der Waals surface area contributed by atoms with Gasteiger partial charge in [0.15, 0.2) is 6.61 Å². The van der Waals surface area contributed by atoms with Gasteiger partial charge in [0.2, 0.25) is 0 Å². The number of ether oxygens (including phenoxy) is 1. The molecule has 0 heterocycles. The molecule has 0 unspecified atom stereocenters. The van der Waals surface area contributed by atoms with Crippen LogP contribution in [0.15, 0.2) is 24.3 Å². The number of carbonyl (C=O) groups is 1. The molecule has 0 spiro atoms. The van der Waals surface area contributed by atoms with E-state index < -0.39 is 0 Å². The summed E-state index contributed by atoms with van der Waals surface area (Å²) in [6.45, 7) is 1.40. The van der Waals surface area contributed by atoms with Crippen LogP contribution in [0, 0.1) is 0 Å². The maximum absolute atomic E-state index is 11.6. The molecule has 0 saturated heterocycles. The van der Waals surface area contributed by atoms with Gasteiger partial charge >= 0.3 is 0 Å². The van der Waals surface area contributed by atoms with Crippen molar-refractivity contribution in [1.82, 2.24) is 10.2 Å². The van der Waals surface area contributed by atoms with E-state index in [1.165, 1.54) is 12.1 Å². The summed E-state index contributed by atoms with van der Waals surface area (Å²) in [5.74, 6) is 0.668. The van der Waals surface area contributed by atoms with Crippen molar-refractivity contribution in [2.75, 3.05) is 33.8 Å². The zero-order valence-electron chi connectivity index (χ0n) is 10.1. The van der Waals surface area contributed by atoms with E-state index in [0.29, 0.717) is 12.3 Å². The van der Waals surface area contributed by atoms with Gasteiger partial charge in [-0.05, 0) is 31.3 Å². The molecule has 17 heavy (non-hydrogen) atoms. The topological polar surface area (TPSA) is 61.8 Å². The number of amides is 1. The van der Waals surface area contributed by atoms with E-state index in [2.05, 4.69) is 5.32 Å². The molecule has 94 valence electrons. The van der Waals surface area contributed by atoms with Gasteiger partial charge in [-0.15, -0.1) is 0 Å². The number of rotatable bonds is 6. The highest BCUT2D eigenvalue weighted by molar-refractivity contribution is 5.77. The number of aromatic hydroxyl groups is 1. The molecule has 0 bridgehead atoms. The average Bonchev–Trinajstić information content (AvgIpc) is 2.34. The number of likely N-dealkylation sites (N-methyl/N-ethyl adjacent to an activating group) is 2. The smallest absolute Gasteiger partial charge is 0.260 e. The Balaban J connectivity index is 2.34. The maximum Gasteiger partial charge on any atom is 0.260 e. The van der Waals surface area contributed by atoms with Crippen LogP contribution in [0.25, 0.3) is 0 Å². The van der Waals surface area contributed by atoms with Crippen molar-refractivity contribution in [2.45, 2.75) is 0 Å². The van der Waals surface area contributed by atoms with E-state index in [1.54, 1.807) is 24.1 Å². The molecule has 0 aliphatic carbocycles. The van der Waals surface area contributed by atoms with Crippen molar-refractivity contribution in [3.63, 3.8) is 0 Å². The van der Waals surface area contributed by atoms with E-state index in [-0.39, 0.29) is 18.3 Å². The Kier molecular flexibility index (Phi) is 5.29. The lowest BCUT2D eigenvalue weighted by Gasteiger charge is -2.17. The molecule has 0 aliphatic rings. The van der Waals surface area contributed by atoms with Gasteiger partial charge in [-0.3, -0.25) is 4.79 Å². The Morgan fingerprint density at radius 2 is 2.06 bits per heavy atom. The summed E-state index contributed by atoms with van der Waals surface area (Å²) in [6.07, 6.45) is 0. The predicted octanol–water partition coefficient (Wildman–Crippen LogP) is 0.449. The molecule has 1 aromatic carbocycles. The summed E-state index contributed by atoms with van der Waals surface area (Å²) in [5.41, 5.74) is 0. The number of nitrogens with zero attached hydrogens (tertiary/aromatic N) is 1. The van der Waals surface area contributed by atoms with Crippen LogP contribution in [0.5, 0.6) is 11.5 Å². The number of nitrogens with one attached hydrogen (secondary N) is 1. The van der Waals surface area contributed by atoms with Crippen molar-refractivity contribution >= 4 is 5.91 Å². The molecule has 0 atom stereocenters. The fraction of sp³-hybridized carbons (Fsp3) is 0.417. The average molecular weight is 238 g/mol. The molecule has 2 N–H and O–H groups in total. The minimum atomic E-state index is -0.0756. The monoisotopic (exact) mass is 238 g/mol. The third kappa shape index (κ3) is 4.74. The highest BCUT2D eigenvalue weighted by atomic mass is 16.5. The predicted molar refractivity (Wildman–Crippen MR) is 65.2 cm³/mol. The van der Waals surface area contributed by atoms with Crippen LogP contribution in [0.2, 0.25) is 0 Å². The minimum absolute atomic E-state index is 0.00495. The van der Waals surface area contributed by atoms with Gasteiger partial charge in [-0.1, -0.05) is 0 Å². The van der Waals surface area contributed by atoms with Crippen LogP contribution in [0.1, 0.15) is 0 Å². The van der Waals surface area contributed by atoms with E-state index in [1.807, 2.05) is 7.05 Å². The summed E-state index contributed by atoms with van der Waals surface area (Å²) >= 11 is 0. The molecule has 0 radical (unpaired) electrons. The number of carbonyl (C=O) groups excluding carboxylic acids is 1. The standard InChI is InChI=1S/C12H18N2O3/c1-13-7-8-14(2)12(16)9-17-11-5-3-10(15)4-6-11/h3-6,13,15H,7-9H2,1-2H3. The summed E-state index contributed by atoms with van der Waals surface area (Å²) in [5, 5.41) is 12.1. The van der Waals surface area contributed by atoms with Crippen LogP contribution in [-0.4, -0.2) is 49.7 Å². The number of phenolic OH excluding ortho intramolecular Hbond substituents is 1. The van der Waals surface area contributed by atoms with Crippen molar-refractivity contribution in [1.29, 1.82) is 0 Å². The fourth-order valence-electron chi connectivity index (χ4n) is 1.20. The van der Waals surface area contributed by atoms with Crippen molar-refractivity contribution in [3.8, 4) is 11.5 Å². The molecular formula is C12H18N2O3. The van der Waals surface area contributed by atoms with Gasteiger partial charge in [0.05, 0.1) is 0 Å². The Hall–Kier alpha value is -1.75. The molecule has 1 aromatic rings. The number of benzene rings is 1. The van der Waals surface area contributed by atoms with Gasteiger partial charge < -0.3 is 20.1 Å². The van der Waals surface area contributed by atoms with Gasteiger partial charge in [-0.25, -0.2) is 0 Å². The van der Waals surface area contributed by atoms with Crippen LogP contribution in [0.3, 0.4) is 0 Å². The number of hydrogen-bond acceptors (Lipinski definition) is 4. The first-order valence-corrected chi connectivity index (χ1v) is 5.44. The van der Waals surface area contributed by atoms with E-state index >= 15 is 0 Å². The highest BCUT2D eigenvalue weighted by Gasteiger charge is 2.08. The first kappa shape index (κ1) is 13.3. The second-order valence-electron chi connectivity index (χ2n) is 3.70. The second-order valence-corrected chi connectivity index (χ2v) is 3.70. The summed E-state index contributed by atoms with van der Waals surface area (Å²) in [6, 6.07) is 6.28. The van der Waals surface area contributed by atoms with E-state index in [9.17, 15) is 4.79 Å². The molecule has 5 heteroatoms. The van der Waals surface area contributed by atoms with Crippen LogP contribution in [-0.2, 0) is 4.79 Å². The van der Waals surface area contributed by atoms with Crippen LogP contribution >= 0.6 is 0 Å². The molecule has 0 aliphatic heterocycles. The molecule has 0 aromatic heterocycles. The van der Waals surface area contributed by atoms with E-state index in [0.717, 1.165) is 6.54 Å². The summed E-state index contributed by atoms with van der Waals surface area (Å²) < 4.78 is 5.30. The highest BCUT2D eigenvalue weighted by Crippen LogP contribution is 2.15. The number of phenols is 1. The zero-order chi connectivity index (χ0) is 12.7. The van der Waals surface area contributed by atoms with Gasteiger partial charge in [-0.2, -0.15) is 0 Å². The van der Waals surface area contributed by atoms with Gasteiger partial charge in [0.25, 0.3) is 5.91 Å². The lowest BCUT2D eigenvalue weighted by Crippen LogP contribution is -2.35. The van der Waals surface area contributed by atoms with Crippen molar-refractivity contribution in [3.05, 3.63) is 24.3 Å². The van der Waals surface area contributed by atoms with Crippen molar-refractivity contribution < 1.29 is 14.6 Å². The van der Waals surface area contributed by atoms with Crippen molar-refractivity contribution in [2.24, 2.45) is 0 Å². The second kappa shape index (κ2) is 6.75. The Labute approximate surface area is 101 Å². The Morgan fingerprint density at radius 1 is 1.41 bits per heavy atom. The Bertz CT molecular complexity index is 351. The van der Waals surface area contributed by atoms with Gasteiger partial charge in [0.1, 0.15) is 11.5 Å². The molecule has 1 amide bonds. The molecule has 1 rings (SSSR count). The third-order valence-corrected chi connectivity index (χ3v) is 2.32. The largest absolute Gasteiger partial charge is 0.508 e. The molecular weight excluding hydrogens is 220 g/mol. The first-order chi connectivity index (χ1) is 8.13. The molecule has 0 saturated carbocycles. The van der Waals surface area contributed by atoms with Gasteiger partial charge in [0, 0.05) is 20.1 Å². The Morgan fingerprint density at radius 3 is 2.65 bits per heavy atom. The normalized spacial score (nSPS) is 10.0. The summed E-state index contributed by atoms with van der Waals surface area (Å²) in [7, 11) is 3.57. The first-order valence-electron chi connectivity index (χ1n) is 5.44. The number of hydrogen-bond donors (Lipinski definition) is 2. The summed E-state index contributed by atoms with van der Waals surface area (Å²) in [4.78, 5) is 13.2. The fourth-order valence-corrected chi connectivity index (χ4v) is 1.20. The SMILES string of the molecule is CNCCN(C)C(=O)COc1ccc(O)cc1. The lowest BCUT2D eigenvalue weighted by atomic mass is 10.3. The third-order valence-electron chi connectivity index (χ3n) is 2.32. The molecule has 0 fully saturated rings. The van der Waals surface area contributed by atoms with E-state index in [4.69, 9.17) is 9.84 Å². The van der Waals surface area contributed by atoms with Crippen LogP contribution < -0.4 is 10.1 Å². The lowest BCUT2D eigenvalue weighted by molar-refractivity contribution is -0.131. The maximum atomic E-state index is 11.6. The quantitative estimate of drug-likeness (QED) is 0.755. The minimum Gasteiger partial charge on any atom is -0.508 e. The zero-order valence-corrected chi connectivity index (χ0v) is 10.1.